The van der Waals surface area contributed by atoms with Crippen molar-refractivity contribution in [2.75, 3.05) is 13.1 Å². The van der Waals surface area contributed by atoms with E-state index in [2.05, 4.69) is 15.9 Å². The largest absolute Gasteiger partial charge is 0.389 e. The van der Waals surface area contributed by atoms with Crippen LogP contribution in [0.4, 0.5) is 0 Å². The second kappa shape index (κ2) is 4.66. The van der Waals surface area contributed by atoms with Gasteiger partial charge in [0.1, 0.15) is 0 Å². The van der Waals surface area contributed by atoms with Crippen LogP contribution in [0.5, 0.6) is 0 Å². The van der Waals surface area contributed by atoms with E-state index in [9.17, 15) is 18.6 Å². The third kappa shape index (κ3) is 2.53. The molecule has 5 nitrogen and oxygen atoms in total. The van der Waals surface area contributed by atoms with Gasteiger partial charge in [-0.05, 0) is 18.2 Å². The molecule has 2 N–H and O–H groups in total. The van der Waals surface area contributed by atoms with Crippen molar-refractivity contribution in [3.05, 3.63) is 28.7 Å². The average Bonchev–Trinajstić information content (AvgIpc) is 2.60. The van der Waals surface area contributed by atoms with Gasteiger partial charge >= 0.3 is 0 Å². The topological polar surface area (TPSA) is 77.8 Å². The van der Waals surface area contributed by atoms with Crippen LogP contribution in [0.2, 0.25) is 0 Å². The third-order valence-electron chi connectivity index (χ3n) is 2.66. The van der Waals surface area contributed by atoms with E-state index in [1.54, 1.807) is 12.1 Å². The summed E-state index contributed by atoms with van der Waals surface area (Å²) < 4.78 is 26.1. The number of sulfonamides is 1. The van der Waals surface area contributed by atoms with Crippen molar-refractivity contribution in [3.63, 3.8) is 0 Å². The van der Waals surface area contributed by atoms with E-state index >= 15 is 0 Å². The van der Waals surface area contributed by atoms with Crippen molar-refractivity contribution in [1.29, 1.82) is 0 Å². The molecule has 1 saturated heterocycles. The van der Waals surface area contributed by atoms with Gasteiger partial charge in [-0.1, -0.05) is 22.0 Å². The maximum atomic E-state index is 12.2. The van der Waals surface area contributed by atoms with E-state index in [0.29, 0.717) is 4.47 Å². The molecule has 1 fully saturated rings. The highest BCUT2D eigenvalue weighted by Gasteiger charge is 2.37. The van der Waals surface area contributed by atoms with Gasteiger partial charge in [-0.2, -0.15) is 4.31 Å². The van der Waals surface area contributed by atoms with Crippen LogP contribution in [0.25, 0.3) is 0 Å². The van der Waals surface area contributed by atoms with E-state index in [4.69, 9.17) is 0 Å². The first-order valence-corrected chi connectivity index (χ1v) is 7.26. The Kier molecular flexibility index (Phi) is 3.55. The molecule has 94 valence electrons. The number of aliphatic hydroxyl groups excluding tert-OH is 2. The molecule has 0 amide bonds. The van der Waals surface area contributed by atoms with Gasteiger partial charge in [0.25, 0.3) is 0 Å². The minimum absolute atomic E-state index is 0.0734. The van der Waals surface area contributed by atoms with Gasteiger partial charge in [-0.3, -0.25) is 0 Å². The maximum Gasteiger partial charge on any atom is 0.243 e. The molecule has 2 rings (SSSR count). The SMILES string of the molecule is O=S(=O)(c1cccc(Br)c1)N1CC(O)C(O)C1. The fourth-order valence-corrected chi connectivity index (χ4v) is 3.78. The minimum atomic E-state index is -3.64. The predicted molar refractivity (Wildman–Crippen MR) is 64.9 cm³/mol. The first-order valence-electron chi connectivity index (χ1n) is 5.03. The molecule has 0 spiro atoms. The molecular weight excluding hydrogens is 310 g/mol. The number of aliphatic hydroxyl groups is 2. The summed E-state index contributed by atoms with van der Waals surface area (Å²) in [7, 11) is -3.64. The number of nitrogens with zero attached hydrogens (tertiary/aromatic N) is 1. The Balaban J connectivity index is 2.32. The van der Waals surface area contributed by atoms with Crippen LogP contribution in [0.15, 0.2) is 33.6 Å². The van der Waals surface area contributed by atoms with Crippen molar-refractivity contribution < 1.29 is 18.6 Å². The molecule has 0 saturated carbocycles. The van der Waals surface area contributed by atoms with Gasteiger partial charge in [0.2, 0.25) is 10.0 Å². The van der Waals surface area contributed by atoms with Crippen molar-refractivity contribution in [3.8, 4) is 0 Å². The lowest BCUT2D eigenvalue weighted by Crippen LogP contribution is -2.29. The van der Waals surface area contributed by atoms with Crippen LogP contribution >= 0.6 is 15.9 Å². The molecule has 2 atom stereocenters. The highest BCUT2D eigenvalue weighted by molar-refractivity contribution is 9.10. The first kappa shape index (κ1) is 13.0. The second-order valence-corrected chi connectivity index (χ2v) is 6.77. The van der Waals surface area contributed by atoms with E-state index in [1.165, 1.54) is 12.1 Å². The van der Waals surface area contributed by atoms with Gasteiger partial charge in [0.05, 0.1) is 17.1 Å². The smallest absolute Gasteiger partial charge is 0.243 e. The Labute approximate surface area is 108 Å². The summed E-state index contributed by atoms with van der Waals surface area (Å²) in [6.07, 6.45) is -2.03. The molecule has 1 aliphatic heterocycles. The highest BCUT2D eigenvalue weighted by atomic mass is 79.9. The molecule has 1 aromatic rings. The average molecular weight is 322 g/mol. The number of halogens is 1. The predicted octanol–water partition coefficient (Wildman–Crippen LogP) is 0.175. The Morgan fingerprint density at radius 1 is 1.24 bits per heavy atom. The van der Waals surface area contributed by atoms with Crippen molar-refractivity contribution in [1.82, 2.24) is 4.31 Å². The lowest BCUT2D eigenvalue weighted by atomic mass is 10.3. The molecule has 7 heteroatoms. The summed E-state index contributed by atoms with van der Waals surface area (Å²) in [5, 5.41) is 18.7. The Hall–Kier alpha value is -0.470. The molecule has 0 bridgehead atoms. The Bertz CT molecular complexity index is 509. The quantitative estimate of drug-likeness (QED) is 0.814. The monoisotopic (exact) mass is 321 g/mol. The van der Waals surface area contributed by atoms with Crippen LogP contribution < -0.4 is 0 Å². The third-order valence-corrected chi connectivity index (χ3v) is 4.98. The molecule has 2 unspecified atom stereocenters. The summed E-state index contributed by atoms with van der Waals surface area (Å²) in [6.45, 7) is -0.147. The molecular formula is C10H12BrNO4S. The van der Waals surface area contributed by atoms with Crippen LogP contribution in [0.3, 0.4) is 0 Å². The molecule has 1 aliphatic rings. The zero-order valence-electron chi connectivity index (χ0n) is 8.82. The van der Waals surface area contributed by atoms with Crippen molar-refractivity contribution >= 4 is 26.0 Å². The lowest BCUT2D eigenvalue weighted by molar-refractivity contribution is 0.0572. The van der Waals surface area contributed by atoms with Crippen LogP contribution in [-0.4, -0.2) is 48.2 Å². The molecule has 17 heavy (non-hydrogen) atoms. The van der Waals surface area contributed by atoms with Crippen LogP contribution in [0, 0.1) is 0 Å². The fraction of sp³-hybridized carbons (Fsp3) is 0.400. The van der Waals surface area contributed by atoms with Gasteiger partial charge in [-0.25, -0.2) is 8.42 Å². The zero-order chi connectivity index (χ0) is 12.6. The van der Waals surface area contributed by atoms with E-state index in [-0.39, 0.29) is 18.0 Å². The summed E-state index contributed by atoms with van der Waals surface area (Å²) in [6, 6.07) is 6.33. The summed E-state index contributed by atoms with van der Waals surface area (Å²) in [5.74, 6) is 0. The number of hydrogen-bond donors (Lipinski definition) is 2. The molecule has 0 aliphatic carbocycles. The van der Waals surface area contributed by atoms with Crippen molar-refractivity contribution in [2.24, 2.45) is 0 Å². The summed E-state index contributed by atoms with van der Waals surface area (Å²) >= 11 is 3.21. The molecule has 1 aromatic carbocycles. The van der Waals surface area contributed by atoms with E-state index in [1.807, 2.05) is 0 Å². The number of hydrogen-bond acceptors (Lipinski definition) is 4. The maximum absolute atomic E-state index is 12.2. The second-order valence-electron chi connectivity index (χ2n) is 3.91. The lowest BCUT2D eigenvalue weighted by Gasteiger charge is -2.15. The van der Waals surface area contributed by atoms with Gasteiger partial charge in [0, 0.05) is 17.6 Å². The first-order chi connectivity index (χ1) is 7.91. The van der Waals surface area contributed by atoms with Gasteiger partial charge < -0.3 is 10.2 Å². The van der Waals surface area contributed by atoms with Gasteiger partial charge in [0.15, 0.2) is 0 Å². The Morgan fingerprint density at radius 2 is 1.82 bits per heavy atom. The Morgan fingerprint density at radius 3 is 2.35 bits per heavy atom. The summed E-state index contributed by atoms with van der Waals surface area (Å²) in [5.41, 5.74) is 0. The standard InChI is InChI=1S/C10H12BrNO4S/c11-7-2-1-3-8(4-7)17(15,16)12-5-9(13)10(14)6-12/h1-4,9-10,13-14H,5-6H2. The zero-order valence-corrected chi connectivity index (χ0v) is 11.2. The minimum Gasteiger partial charge on any atom is -0.389 e. The van der Waals surface area contributed by atoms with E-state index < -0.39 is 22.2 Å². The fourth-order valence-electron chi connectivity index (χ4n) is 1.71. The highest BCUT2D eigenvalue weighted by Crippen LogP contribution is 2.23. The normalized spacial score (nSPS) is 26.3. The van der Waals surface area contributed by atoms with Crippen LogP contribution in [0.1, 0.15) is 0 Å². The molecule has 1 heterocycles. The number of benzene rings is 1. The number of β-amino-alcohol motifs (C(OH)–C–C–N with tert-alkyl or cyclic N) is 2. The summed E-state index contributed by atoms with van der Waals surface area (Å²) in [4.78, 5) is 0.146. The number of rotatable bonds is 2. The van der Waals surface area contributed by atoms with Crippen LogP contribution in [-0.2, 0) is 10.0 Å². The molecule has 0 aromatic heterocycles. The van der Waals surface area contributed by atoms with E-state index in [0.717, 1.165) is 4.31 Å². The van der Waals surface area contributed by atoms with Gasteiger partial charge in [-0.15, -0.1) is 0 Å². The molecule has 0 radical (unpaired) electrons. The van der Waals surface area contributed by atoms with Crippen molar-refractivity contribution in [2.45, 2.75) is 17.1 Å².